The lowest BCUT2D eigenvalue weighted by Gasteiger charge is -2.30. The van der Waals surface area contributed by atoms with Crippen LogP contribution in [-0.4, -0.2) is 58.3 Å². The van der Waals surface area contributed by atoms with E-state index in [-0.39, 0.29) is 18.9 Å². The largest absolute Gasteiger partial charge is 0.486 e. The van der Waals surface area contributed by atoms with Gasteiger partial charge in [-0.2, -0.15) is 0 Å². The Morgan fingerprint density at radius 3 is 2.36 bits per heavy atom. The van der Waals surface area contributed by atoms with E-state index in [4.69, 9.17) is 4.74 Å². The Bertz CT molecular complexity index is 1340. The minimum absolute atomic E-state index is 0.0612. The molecule has 3 atom stereocenters. The van der Waals surface area contributed by atoms with E-state index in [1.807, 2.05) is 28.7 Å². The van der Waals surface area contributed by atoms with Crippen molar-refractivity contribution in [3.63, 3.8) is 0 Å². The van der Waals surface area contributed by atoms with Gasteiger partial charge in [-0.15, -0.1) is 0 Å². The number of aliphatic hydroxyl groups is 2. The first-order valence-electron chi connectivity index (χ1n) is 12.2. The number of amides is 4. The SMILES string of the molecule is C[C@@H](c1ccccc1)[C@@H](C(=O)Nc1ccc(I)cc1F)N1C(=O)NC(c2ccc(OC(CO)CO)cc2)C1=O. The fourth-order valence-corrected chi connectivity index (χ4v) is 4.80. The predicted molar refractivity (Wildman–Crippen MR) is 150 cm³/mol. The van der Waals surface area contributed by atoms with Crippen LogP contribution in [-0.2, 0) is 9.59 Å². The van der Waals surface area contributed by atoms with Crippen molar-refractivity contribution >= 4 is 46.1 Å². The zero-order valence-electron chi connectivity index (χ0n) is 20.9. The number of hydrogen-bond donors (Lipinski definition) is 4. The van der Waals surface area contributed by atoms with Crippen LogP contribution in [0.1, 0.15) is 30.0 Å². The molecule has 1 saturated heterocycles. The molecule has 4 rings (SSSR count). The van der Waals surface area contributed by atoms with Crippen molar-refractivity contribution in [1.29, 1.82) is 0 Å². The van der Waals surface area contributed by atoms with Gasteiger partial charge in [0.15, 0.2) is 0 Å². The third-order valence-corrected chi connectivity index (χ3v) is 7.10. The van der Waals surface area contributed by atoms with Crippen LogP contribution in [0.4, 0.5) is 14.9 Å². The standard InChI is InChI=1S/C28H27FIN3O6/c1-16(17-5-3-2-4-6-17)25(26(36)31-23-12-9-19(30)13-22(23)29)33-27(37)24(32-28(33)38)18-7-10-20(11-8-18)39-21(14-34)15-35/h2-13,16,21,24-25,34-35H,14-15H2,1H3,(H,31,36)(H,32,38)/t16-,24?,25-/m0/s1. The maximum atomic E-state index is 14.6. The second-order valence-corrected chi connectivity index (χ2v) is 10.3. The molecule has 0 aliphatic carbocycles. The molecule has 1 aliphatic heterocycles. The highest BCUT2D eigenvalue weighted by atomic mass is 127. The molecule has 3 aromatic rings. The molecule has 0 radical (unpaired) electrons. The molecular formula is C28H27FIN3O6. The average molecular weight is 647 g/mol. The van der Waals surface area contributed by atoms with Gasteiger partial charge in [-0.25, -0.2) is 14.1 Å². The van der Waals surface area contributed by atoms with E-state index < -0.39 is 47.8 Å². The van der Waals surface area contributed by atoms with Crippen LogP contribution < -0.4 is 15.4 Å². The number of nitrogens with zero attached hydrogens (tertiary/aromatic N) is 1. The fourth-order valence-electron chi connectivity index (χ4n) is 4.35. The first-order valence-corrected chi connectivity index (χ1v) is 13.2. The number of urea groups is 1. The van der Waals surface area contributed by atoms with Crippen LogP contribution in [0.5, 0.6) is 5.75 Å². The number of halogens is 2. The number of rotatable bonds is 10. The van der Waals surface area contributed by atoms with Crippen molar-refractivity contribution in [3.05, 3.63) is 93.3 Å². The van der Waals surface area contributed by atoms with Crippen LogP contribution in [0.3, 0.4) is 0 Å². The number of benzene rings is 3. The quantitative estimate of drug-likeness (QED) is 0.197. The average Bonchev–Trinajstić information content (AvgIpc) is 3.23. The third-order valence-electron chi connectivity index (χ3n) is 6.43. The normalized spacial score (nSPS) is 16.7. The topological polar surface area (TPSA) is 128 Å². The molecular weight excluding hydrogens is 620 g/mol. The lowest BCUT2D eigenvalue weighted by Crippen LogP contribution is -2.50. The number of nitrogens with one attached hydrogen (secondary N) is 2. The second kappa shape index (κ2) is 12.5. The molecule has 1 aliphatic rings. The van der Waals surface area contributed by atoms with Gasteiger partial charge in [0.25, 0.3) is 5.91 Å². The number of aliphatic hydroxyl groups excluding tert-OH is 2. The lowest BCUT2D eigenvalue weighted by atomic mass is 9.91. The van der Waals surface area contributed by atoms with E-state index in [0.29, 0.717) is 20.4 Å². The maximum absolute atomic E-state index is 14.6. The molecule has 0 saturated carbocycles. The van der Waals surface area contributed by atoms with Crippen LogP contribution in [0, 0.1) is 9.39 Å². The Kier molecular flexibility index (Phi) is 9.15. The van der Waals surface area contributed by atoms with Crippen molar-refractivity contribution in [3.8, 4) is 5.75 Å². The molecule has 3 aromatic carbocycles. The maximum Gasteiger partial charge on any atom is 0.325 e. The van der Waals surface area contributed by atoms with Gasteiger partial charge in [-0.05, 0) is 64.0 Å². The van der Waals surface area contributed by atoms with Crippen molar-refractivity contribution in [1.82, 2.24) is 10.2 Å². The minimum Gasteiger partial charge on any atom is -0.486 e. The van der Waals surface area contributed by atoms with Gasteiger partial charge in [-0.1, -0.05) is 49.4 Å². The summed E-state index contributed by atoms with van der Waals surface area (Å²) >= 11 is 1.95. The van der Waals surface area contributed by atoms with Crippen LogP contribution in [0.15, 0.2) is 72.8 Å². The summed E-state index contributed by atoms with van der Waals surface area (Å²) in [7, 11) is 0. The molecule has 1 heterocycles. The Morgan fingerprint density at radius 1 is 1.08 bits per heavy atom. The van der Waals surface area contributed by atoms with E-state index in [2.05, 4.69) is 10.6 Å². The summed E-state index contributed by atoms with van der Waals surface area (Å²) in [5.74, 6) is -2.24. The van der Waals surface area contributed by atoms with Crippen LogP contribution in [0.2, 0.25) is 0 Å². The van der Waals surface area contributed by atoms with E-state index >= 15 is 0 Å². The zero-order chi connectivity index (χ0) is 28.1. The summed E-state index contributed by atoms with van der Waals surface area (Å²) in [5, 5.41) is 23.6. The van der Waals surface area contributed by atoms with Crippen LogP contribution >= 0.6 is 22.6 Å². The first-order chi connectivity index (χ1) is 18.7. The Balaban J connectivity index is 1.62. The lowest BCUT2D eigenvalue weighted by molar-refractivity contribution is -0.134. The molecule has 9 nitrogen and oxygen atoms in total. The third kappa shape index (κ3) is 6.37. The summed E-state index contributed by atoms with van der Waals surface area (Å²) in [4.78, 5) is 41.2. The highest BCUT2D eigenvalue weighted by molar-refractivity contribution is 14.1. The molecule has 1 fully saturated rings. The van der Waals surface area contributed by atoms with Gasteiger partial charge < -0.3 is 25.6 Å². The highest BCUT2D eigenvalue weighted by Gasteiger charge is 2.47. The molecule has 1 unspecified atom stereocenters. The van der Waals surface area contributed by atoms with Crippen LogP contribution in [0.25, 0.3) is 0 Å². The monoisotopic (exact) mass is 647 g/mol. The summed E-state index contributed by atoms with van der Waals surface area (Å²) in [6, 6.07) is 16.4. The highest BCUT2D eigenvalue weighted by Crippen LogP contribution is 2.32. The van der Waals surface area contributed by atoms with E-state index in [1.54, 1.807) is 61.5 Å². The second-order valence-electron chi connectivity index (χ2n) is 9.02. The van der Waals surface area contributed by atoms with Crippen molar-refractivity contribution < 1.29 is 33.7 Å². The summed E-state index contributed by atoms with van der Waals surface area (Å²) in [6.45, 7) is 0.974. The predicted octanol–water partition coefficient (Wildman–Crippen LogP) is 3.57. The molecule has 39 heavy (non-hydrogen) atoms. The summed E-state index contributed by atoms with van der Waals surface area (Å²) in [5.41, 5.74) is 1.10. The first kappa shape index (κ1) is 28.5. The van der Waals surface area contributed by atoms with Gasteiger partial charge in [0.2, 0.25) is 5.91 Å². The van der Waals surface area contributed by atoms with Gasteiger partial charge in [0, 0.05) is 9.49 Å². The molecule has 11 heteroatoms. The Hall–Kier alpha value is -3.55. The molecule has 4 N–H and O–H groups in total. The fraction of sp³-hybridized carbons (Fsp3) is 0.250. The Morgan fingerprint density at radius 2 is 1.74 bits per heavy atom. The van der Waals surface area contributed by atoms with Crippen molar-refractivity contribution in [2.75, 3.05) is 18.5 Å². The number of anilines is 1. The molecule has 0 bridgehead atoms. The van der Waals surface area contributed by atoms with Gasteiger partial charge >= 0.3 is 6.03 Å². The molecule has 204 valence electrons. The van der Waals surface area contributed by atoms with Crippen molar-refractivity contribution in [2.24, 2.45) is 0 Å². The molecule has 0 aromatic heterocycles. The van der Waals surface area contributed by atoms with E-state index in [9.17, 15) is 29.0 Å². The van der Waals surface area contributed by atoms with Gasteiger partial charge in [0.1, 0.15) is 29.8 Å². The molecule has 4 amide bonds. The smallest absolute Gasteiger partial charge is 0.325 e. The number of hydrogen-bond acceptors (Lipinski definition) is 6. The van der Waals surface area contributed by atoms with Gasteiger partial charge in [0.05, 0.1) is 18.9 Å². The van der Waals surface area contributed by atoms with E-state index in [1.165, 1.54) is 12.1 Å². The zero-order valence-corrected chi connectivity index (χ0v) is 23.0. The minimum atomic E-state index is -1.28. The number of carbonyl (C=O) groups excluding carboxylic acids is 3. The number of ether oxygens (including phenoxy) is 1. The summed E-state index contributed by atoms with van der Waals surface area (Å²) in [6.07, 6.45) is -0.796. The number of carbonyl (C=O) groups is 3. The van der Waals surface area contributed by atoms with Gasteiger partial charge in [-0.3, -0.25) is 9.59 Å². The summed E-state index contributed by atoms with van der Waals surface area (Å²) < 4.78 is 20.7. The number of imide groups is 1. The van der Waals surface area contributed by atoms with Crippen molar-refractivity contribution in [2.45, 2.75) is 31.0 Å². The van der Waals surface area contributed by atoms with E-state index in [0.717, 1.165) is 4.90 Å². The Labute approximate surface area is 238 Å². The molecule has 0 spiro atoms.